The van der Waals surface area contributed by atoms with Crippen LogP contribution in [0.3, 0.4) is 0 Å². The zero-order chi connectivity index (χ0) is 27.9. The molecular weight excluding hydrogens is 525 g/mol. The molecule has 1 aliphatic carbocycles. The Hall–Kier alpha value is -4.64. The number of imidazole rings is 1. The standard InChI is InChI=1S/C30H28FN7O3/c31-19-9-8-18-16-37(30(40)23(18)12-19)20-4-3-5-21(13-20)38-26-14-24(28-33-17-34-36-28)32-15-25(26)35-29(38)22-6-1-2-7-27(22)41-11-10-39/h1-2,6-9,12,14-15,17,20-21,39H,3-5,10-11,13,16H2,(H,33,34,36). The fraction of sp³-hybridized carbons (Fsp3) is 0.300. The second kappa shape index (κ2) is 10.4. The van der Waals surface area contributed by atoms with Crippen molar-refractivity contribution in [3.8, 4) is 28.7 Å². The van der Waals surface area contributed by atoms with Gasteiger partial charge in [0.25, 0.3) is 5.91 Å². The van der Waals surface area contributed by atoms with Gasteiger partial charge in [0.15, 0.2) is 5.82 Å². The molecule has 2 aromatic carbocycles. The number of rotatable bonds is 7. The van der Waals surface area contributed by atoms with Gasteiger partial charge in [-0.05, 0) is 61.6 Å². The lowest BCUT2D eigenvalue weighted by molar-refractivity contribution is 0.0630. The van der Waals surface area contributed by atoms with Crippen molar-refractivity contribution in [2.24, 2.45) is 0 Å². The number of aromatic amines is 1. The summed E-state index contributed by atoms with van der Waals surface area (Å²) in [6.07, 6.45) is 6.60. The fourth-order valence-corrected chi connectivity index (χ4v) is 6.20. The number of nitrogens with zero attached hydrogens (tertiary/aromatic N) is 6. The highest BCUT2D eigenvalue weighted by Gasteiger charge is 2.37. The molecule has 10 nitrogen and oxygen atoms in total. The lowest BCUT2D eigenvalue weighted by Crippen LogP contribution is -2.39. The molecule has 2 aliphatic rings. The summed E-state index contributed by atoms with van der Waals surface area (Å²) in [6, 6.07) is 14.1. The summed E-state index contributed by atoms with van der Waals surface area (Å²) in [5, 5.41) is 16.2. The van der Waals surface area contributed by atoms with Crippen LogP contribution in [0.2, 0.25) is 0 Å². The van der Waals surface area contributed by atoms with E-state index < -0.39 is 5.82 Å². The minimum Gasteiger partial charge on any atom is -0.490 e. The lowest BCUT2D eigenvalue weighted by atomic mass is 9.89. The summed E-state index contributed by atoms with van der Waals surface area (Å²) >= 11 is 0. The van der Waals surface area contributed by atoms with Crippen molar-refractivity contribution in [1.82, 2.24) is 34.6 Å². The lowest BCUT2D eigenvalue weighted by Gasteiger charge is -2.36. The van der Waals surface area contributed by atoms with Crippen LogP contribution >= 0.6 is 0 Å². The maximum absolute atomic E-state index is 13.9. The summed E-state index contributed by atoms with van der Waals surface area (Å²) in [5.41, 5.74) is 4.39. The number of aliphatic hydroxyl groups excluding tert-OH is 1. The molecule has 0 bridgehead atoms. The number of para-hydroxylation sites is 1. The van der Waals surface area contributed by atoms with Crippen LogP contribution in [0, 0.1) is 5.82 Å². The normalized spacial score (nSPS) is 18.7. The molecule has 0 radical (unpaired) electrons. The van der Waals surface area contributed by atoms with Crippen molar-refractivity contribution in [3.05, 3.63) is 78.0 Å². The highest BCUT2D eigenvalue weighted by atomic mass is 19.1. The summed E-state index contributed by atoms with van der Waals surface area (Å²) in [6.45, 7) is 0.550. The fourth-order valence-electron chi connectivity index (χ4n) is 6.20. The molecule has 2 unspecified atom stereocenters. The van der Waals surface area contributed by atoms with E-state index in [0.29, 0.717) is 29.4 Å². The summed E-state index contributed by atoms with van der Waals surface area (Å²) in [4.78, 5) is 29.1. The van der Waals surface area contributed by atoms with Crippen molar-refractivity contribution in [2.45, 2.75) is 44.3 Å². The predicted molar refractivity (Wildman–Crippen MR) is 148 cm³/mol. The molecular formula is C30H28FN7O3. The summed E-state index contributed by atoms with van der Waals surface area (Å²) < 4.78 is 22.1. The second-order valence-corrected chi connectivity index (χ2v) is 10.5. The summed E-state index contributed by atoms with van der Waals surface area (Å²) in [7, 11) is 0. The smallest absolute Gasteiger partial charge is 0.254 e. The number of amides is 1. The van der Waals surface area contributed by atoms with Crippen molar-refractivity contribution < 1.29 is 19.0 Å². The van der Waals surface area contributed by atoms with Crippen LogP contribution in [-0.2, 0) is 6.54 Å². The van der Waals surface area contributed by atoms with Gasteiger partial charge in [0.1, 0.15) is 41.5 Å². The molecule has 208 valence electrons. The highest BCUT2D eigenvalue weighted by molar-refractivity contribution is 5.98. The van der Waals surface area contributed by atoms with Gasteiger partial charge in [0.05, 0.1) is 23.9 Å². The number of fused-ring (bicyclic) bond motifs is 2. The van der Waals surface area contributed by atoms with E-state index in [1.807, 2.05) is 35.2 Å². The van der Waals surface area contributed by atoms with Gasteiger partial charge in [-0.2, -0.15) is 5.10 Å². The Bertz CT molecular complexity index is 1740. The number of aromatic nitrogens is 6. The first kappa shape index (κ1) is 25.3. The number of nitrogens with one attached hydrogen (secondary N) is 1. The van der Waals surface area contributed by atoms with E-state index in [1.54, 1.807) is 12.3 Å². The number of H-pyrrole nitrogens is 1. The number of pyridine rings is 1. The average molecular weight is 554 g/mol. The number of halogens is 1. The number of ether oxygens (including phenoxy) is 1. The molecule has 0 saturated heterocycles. The van der Waals surface area contributed by atoms with E-state index in [-0.39, 0.29) is 31.2 Å². The van der Waals surface area contributed by atoms with Gasteiger partial charge in [-0.1, -0.05) is 18.2 Å². The molecule has 41 heavy (non-hydrogen) atoms. The first-order valence-corrected chi connectivity index (χ1v) is 13.8. The zero-order valence-corrected chi connectivity index (χ0v) is 22.2. The Labute approximate surface area is 234 Å². The molecule has 11 heteroatoms. The molecule has 2 N–H and O–H groups in total. The van der Waals surface area contributed by atoms with E-state index in [4.69, 9.17) is 9.72 Å². The third-order valence-electron chi connectivity index (χ3n) is 8.04. The van der Waals surface area contributed by atoms with E-state index in [1.165, 1.54) is 18.5 Å². The van der Waals surface area contributed by atoms with Gasteiger partial charge >= 0.3 is 0 Å². The Balaban J connectivity index is 1.31. The molecule has 3 aromatic heterocycles. The Morgan fingerprint density at radius 1 is 1.07 bits per heavy atom. The van der Waals surface area contributed by atoms with Gasteiger partial charge in [0, 0.05) is 24.2 Å². The SMILES string of the molecule is O=C1c2cc(F)ccc2CN1C1CCCC(n2c(-c3ccccc3OCCO)nc3cnc(-c4ncn[nH]4)cc32)C1. The molecule has 4 heterocycles. The summed E-state index contributed by atoms with van der Waals surface area (Å²) in [5.74, 6) is 1.41. The molecule has 1 fully saturated rings. The van der Waals surface area contributed by atoms with Gasteiger partial charge in [-0.15, -0.1) is 0 Å². The number of aliphatic hydroxyl groups is 1. The van der Waals surface area contributed by atoms with Crippen molar-refractivity contribution >= 4 is 16.9 Å². The number of hydrogen-bond acceptors (Lipinski definition) is 7. The maximum Gasteiger partial charge on any atom is 0.254 e. The number of carbonyl (C=O) groups excluding carboxylic acids is 1. The van der Waals surface area contributed by atoms with Crippen molar-refractivity contribution in [2.75, 3.05) is 13.2 Å². The van der Waals surface area contributed by atoms with Gasteiger partial charge < -0.3 is 19.3 Å². The first-order valence-electron chi connectivity index (χ1n) is 13.8. The maximum atomic E-state index is 13.9. The molecule has 1 saturated carbocycles. The van der Waals surface area contributed by atoms with E-state index >= 15 is 0 Å². The van der Waals surface area contributed by atoms with Crippen LogP contribution in [0.4, 0.5) is 4.39 Å². The van der Waals surface area contributed by atoms with Crippen LogP contribution in [-0.4, -0.2) is 64.9 Å². The molecule has 1 amide bonds. The highest BCUT2D eigenvalue weighted by Crippen LogP contribution is 2.41. The van der Waals surface area contributed by atoms with E-state index in [9.17, 15) is 14.3 Å². The third kappa shape index (κ3) is 4.51. The third-order valence-corrected chi connectivity index (χ3v) is 8.04. The van der Waals surface area contributed by atoms with Crippen molar-refractivity contribution in [3.63, 3.8) is 0 Å². The second-order valence-electron chi connectivity index (χ2n) is 10.5. The van der Waals surface area contributed by atoms with Crippen LogP contribution < -0.4 is 4.74 Å². The van der Waals surface area contributed by atoms with Crippen LogP contribution in [0.1, 0.15) is 47.6 Å². The van der Waals surface area contributed by atoms with Crippen LogP contribution in [0.15, 0.2) is 61.1 Å². The molecule has 2 atom stereocenters. The molecule has 5 aromatic rings. The van der Waals surface area contributed by atoms with Crippen molar-refractivity contribution in [1.29, 1.82) is 0 Å². The zero-order valence-electron chi connectivity index (χ0n) is 22.2. The Morgan fingerprint density at radius 2 is 1.95 bits per heavy atom. The van der Waals surface area contributed by atoms with Gasteiger partial charge in [-0.3, -0.25) is 14.9 Å². The van der Waals surface area contributed by atoms with Crippen LogP contribution in [0.25, 0.3) is 33.9 Å². The predicted octanol–water partition coefficient (Wildman–Crippen LogP) is 4.53. The monoisotopic (exact) mass is 553 g/mol. The van der Waals surface area contributed by atoms with Gasteiger partial charge in [0.2, 0.25) is 0 Å². The minimum atomic E-state index is -0.395. The largest absolute Gasteiger partial charge is 0.490 e. The molecule has 0 spiro atoms. The first-order chi connectivity index (χ1) is 20.1. The molecule has 1 aliphatic heterocycles. The topological polar surface area (TPSA) is 122 Å². The Kier molecular flexibility index (Phi) is 6.43. The minimum absolute atomic E-state index is 0.00141. The Morgan fingerprint density at radius 3 is 2.80 bits per heavy atom. The average Bonchev–Trinajstić information content (AvgIpc) is 3.74. The van der Waals surface area contributed by atoms with Crippen LogP contribution in [0.5, 0.6) is 5.75 Å². The van der Waals surface area contributed by atoms with Gasteiger partial charge in [-0.25, -0.2) is 14.4 Å². The van der Waals surface area contributed by atoms with E-state index in [0.717, 1.165) is 53.7 Å². The van der Waals surface area contributed by atoms with E-state index in [2.05, 4.69) is 24.7 Å². The number of benzene rings is 2. The molecule has 7 rings (SSSR count). The number of carbonyl (C=O) groups is 1. The number of hydrogen-bond donors (Lipinski definition) is 2. The quantitative estimate of drug-likeness (QED) is 0.304.